The minimum Gasteiger partial charge on any atom is -0.493 e. The zero-order chi connectivity index (χ0) is 47.0. The molecule has 348 valence electrons. The minimum absolute atomic E-state index is 0.0175. The van der Waals surface area contributed by atoms with Gasteiger partial charge in [-0.3, -0.25) is 19.6 Å². The lowest BCUT2D eigenvalue weighted by atomic mass is 9.98. The summed E-state index contributed by atoms with van der Waals surface area (Å²) in [5.74, 6) is 2.68. The van der Waals surface area contributed by atoms with Crippen LogP contribution in [0.5, 0.6) is 34.5 Å². The topological polar surface area (TPSA) is 159 Å². The molecule has 69 heavy (non-hydrogen) atoms. The molecular weight excluding hydrogens is 879 g/mol. The normalized spacial score (nSPS) is 18.1. The molecule has 6 aliphatic rings. The number of rotatable bonds is 14. The van der Waals surface area contributed by atoms with Crippen molar-refractivity contribution in [3.63, 3.8) is 0 Å². The first-order valence-electron chi connectivity index (χ1n) is 22.8. The maximum atomic E-state index is 13.9. The summed E-state index contributed by atoms with van der Waals surface area (Å²) < 4.78 is 40.3. The zero-order valence-corrected chi connectivity index (χ0v) is 37.9. The molecule has 0 bridgehead atoms. The molecule has 0 fully saturated rings. The van der Waals surface area contributed by atoms with Gasteiger partial charge in [0.1, 0.15) is 6.61 Å². The minimum atomic E-state index is -0.495. The van der Waals surface area contributed by atoms with Gasteiger partial charge in [-0.25, -0.2) is 4.79 Å². The Morgan fingerprint density at radius 3 is 1.97 bits per heavy atom. The average molecular weight is 926 g/mol. The fraction of sp³-hybridized carbons (Fsp3) is 0.241. The molecule has 5 aromatic rings. The van der Waals surface area contributed by atoms with Gasteiger partial charge in [-0.1, -0.05) is 66.7 Å². The van der Waals surface area contributed by atoms with E-state index < -0.39 is 6.09 Å². The number of hydrogen-bond donors (Lipinski definition) is 1. The van der Waals surface area contributed by atoms with Gasteiger partial charge in [0.05, 0.1) is 62.0 Å². The molecule has 0 aromatic heterocycles. The molecule has 0 saturated carbocycles. The lowest BCUT2D eigenvalue weighted by molar-refractivity contribution is 0.0809. The summed E-state index contributed by atoms with van der Waals surface area (Å²) in [4.78, 5) is 53.3. The Morgan fingerprint density at radius 1 is 0.710 bits per heavy atom. The fourth-order valence-electron chi connectivity index (χ4n) is 9.61. The molecule has 5 aliphatic heterocycles. The zero-order valence-electron chi connectivity index (χ0n) is 37.9. The summed E-state index contributed by atoms with van der Waals surface area (Å²) >= 11 is 0. The van der Waals surface area contributed by atoms with Gasteiger partial charge in [-0.2, -0.15) is 0 Å². The van der Waals surface area contributed by atoms with Gasteiger partial charge in [-0.05, 0) is 69.6 Å². The SMILES string of the molecule is COc1cc2c(cc1OCCCOc1cc3c(cc1OC)C(=O)N1C=C(c4ccc5c(c4)OCO5)C[C@H]1C=N3)N=C[C@@H]1CC(/C=C/CNC(=O)OCC3c4ccccc4-c4ccccc43)=CN1C2=O. The number of carbonyl (C=O) groups excluding carboxylic acids is 3. The summed E-state index contributed by atoms with van der Waals surface area (Å²) in [6.07, 6.45) is 12.2. The number of hydrogen-bond acceptors (Lipinski definition) is 12. The van der Waals surface area contributed by atoms with E-state index in [1.165, 1.54) is 25.3 Å². The van der Waals surface area contributed by atoms with Crippen LogP contribution >= 0.6 is 0 Å². The predicted molar refractivity (Wildman–Crippen MR) is 258 cm³/mol. The van der Waals surface area contributed by atoms with Crippen molar-refractivity contribution in [3.8, 4) is 45.6 Å². The van der Waals surface area contributed by atoms with Gasteiger partial charge in [0.25, 0.3) is 11.8 Å². The van der Waals surface area contributed by atoms with E-state index in [2.05, 4.69) is 29.6 Å². The quantitative estimate of drug-likeness (QED) is 0.107. The highest BCUT2D eigenvalue weighted by Crippen LogP contribution is 2.45. The Morgan fingerprint density at radius 2 is 1.32 bits per heavy atom. The van der Waals surface area contributed by atoms with Crippen LogP contribution in [0.1, 0.15) is 62.6 Å². The monoisotopic (exact) mass is 925 g/mol. The fourth-order valence-corrected chi connectivity index (χ4v) is 9.61. The number of allylic oxidation sites excluding steroid dienone is 1. The summed E-state index contributed by atoms with van der Waals surface area (Å²) in [5, 5.41) is 2.81. The van der Waals surface area contributed by atoms with Gasteiger partial charge in [0.2, 0.25) is 6.79 Å². The molecule has 0 unspecified atom stereocenters. The highest BCUT2D eigenvalue weighted by Gasteiger charge is 2.35. The Bertz CT molecular complexity index is 3020. The summed E-state index contributed by atoms with van der Waals surface area (Å²) in [6, 6.07) is 28.5. The van der Waals surface area contributed by atoms with Crippen molar-refractivity contribution in [1.82, 2.24) is 15.1 Å². The number of nitrogens with one attached hydrogen (secondary N) is 1. The van der Waals surface area contributed by atoms with E-state index in [9.17, 15) is 14.4 Å². The summed E-state index contributed by atoms with van der Waals surface area (Å²) in [7, 11) is 3.06. The number of aliphatic imine (C=N–C) groups is 2. The molecule has 0 saturated heterocycles. The predicted octanol–water partition coefficient (Wildman–Crippen LogP) is 9.16. The Balaban J connectivity index is 0.669. The standard InChI is InChI=1S/C54H47N5O10/c1-63-47-22-41-44(56-26-35-19-32(28-58(35)52(41)60)9-7-16-55-54(62)67-30-43-39-12-5-3-10-37(39)38-11-4-6-13-40(38)43)24-50(47)65-17-8-18-66-51-25-45-42(23-48(51)64-2)53(61)59-29-34(20-36(59)27-57-45)33-14-15-46-49(21-33)69-31-68-46/h3-7,9-15,21-29,35-36,43H,8,16-20,30-31H2,1-2H3,(H,55,62)/b9-7+/t35-,36-/m0/s1. The molecule has 2 atom stereocenters. The van der Waals surface area contributed by atoms with Crippen LogP contribution in [0.2, 0.25) is 0 Å². The molecule has 1 aliphatic carbocycles. The van der Waals surface area contributed by atoms with Gasteiger partial charge < -0.3 is 48.3 Å². The third kappa shape index (κ3) is 8.30. The number of benzene rings is 5. The first-order chi connectivity index (χ1) is 33.8. The van der Waals surface area contributed by atoms with Crippen molar-refractivity contribution in [3.05, 3.63) is 149 Å². The van der Waals surface area contributed by atoms with Crippen LogP contribution in [-0.4, -0.2) is 99.6 Å². The second kappa shape index (κ2) is 18.4. The van der Waals surface area contributed by atoms with Gasteiger partial charge in [-0.15, -0.1) is 0 Å². The summed E-state index contributed by atoms with van der Waals surface area (Å²) in [6.45, 7) is 1.24. The lowest BCUT2D eigenvalue weighted by Gasteiger charge is -2.19. The largest absolute Gasteiger partial charge is 0.493 e. The molecule has 15 nitrogen and oxygen atoms in total. The van der Waals surface area contributed by atoms with Crippen LogP contribution in [0.4, 0.5) is 16.2 Å². The van der Waals surface area contributed by atoms with Crippen LogP contribution in [-0.2, 0) is 4.74 Å². The number of amides is 3. The summed E-state index contributed by atoms with van der Waals surface area (Å²) in [5.41, 5.74) is 9.31. The van der Waals surface area contributed by atoms with Crippen LogP contribution < -0.4 is 33.7 Å². The van der Waals surface area contributed by atoms with Crippen molar-refractivity contribution < 1.29 is 47.5 Å². The van der Waals surface area contributed by atoms with E-state index in [1.807, 2.05) is 67.0 Å². The van der Waals surface area contributed by atoms with Crippen LogP contribution in [0.15, 0.2) is 131 Å². The van der Waals surface area contributed by atoms with E-state index in [0.717, 1.165) is 27.8 Å². The second-order valence-corrected chi connectivity index (χ2v) is 17.2. The molecule has 1 N–H and O–H groups in total. The van der Waals surface area contributed by atoms with Gasteiger partial charge in [0, 0.05) is 62.3 Å². The Labute approximate surface area is 397 Å². The maximum Gasteiger partial charge on any atom is 0.407 e. The number of alkyl carbamates (subject to hydrolysis) is 1. The van der Waals surface area contributed by atoms with E-state index >= 15 is 0 Å². The number of nitrogens with zero attached hydrogens (tertiary/aromatic N) is 4. The molecular formula is C54H47N5O10. The molecule has 5 heterocycles. The van der Waals surface area contributed by atoms with E-state index in [1.54, 1.807) is 46.5 Å². The maximum absolute atomic E-state index is 13.9. The van der Waals surface area contributed by atoms with Gasteiger partial charge >= 0.3 is 6.09 Å². The Kier molecular flexibility index (Phi) is 11.5. The number of ether oxygens (including phenoxy) is 7. The average Bonchev–Trinajstić information content (AvgIpc) is 4.17. The molecule has 11 rings (SSSR count). The van der Waals surface area contributed by atoms with Crippen LogP contribution in [0.3, 0.4) is 0 Å². The van der Waals surface area contributed by atoms with Crippen molar-refractivity contribution in [2.75, 3.05) is 47.4 Å². The number of carbonyl (C=O) groups is 3. The first-order valence-corrected chi connectivity index (χ1v) is 22.8. The van der Waals surface area contributed by atoms with Crippen molar-refractivity contribution in [2.24, 2.45) is 9.98 Å². The molecule has 0 spiro atoms. The third-order valence-corrected chi connectivity index (χ3v) is 13.0. The van der Waals surface area contributed by atoms with Crippen molar-refractivity contribution >= 4 is 47.3 Å². The molecule has 0 radical (unpaired) electrons. The van der Waals surface area contributed by atoms with E-state index in [0.29, 0.717) is 76.3 Å². The lowest BCUT2D eigenvalue weighted by Crippen LogP contribution is -2.32. The highest BCUT2D eigenvalue weighted by atomic mass is 16.7. The van der Waals surface area contributed by atoms with E-state index in [-0.39, 0.29) is 63.0 Å². The second-order valence-electron chi connectivity index (χ2n) is 17.2. The molecule has 3 amide bonds. The van der Waals surface area contributed by atoms with Crippen LogP contribution in [0, 0.1) is 0 Å². The number of fused-ring (bicyclic) bond motifs is 8. The Hall–Kier alpha value is -8.33. The third-order valence-electron chi connectivity index (χ3n) is 13.0. The van der Waals surface area contributed by atoms with Crippen molar-refractivity contribution in [2.45, 2.75) is 37.3 Å². The molecule has 15 heteroatoms. The van der Waals surface area contributed by atoms with Gasteiger partial charge in [0.15, 0.2) is 34.5 Å². The molecule has 5 aromatic carbocycles. The number of methoxy groups -OCH3 is 2. The van der Waals surface area contributed by atoms with E-state index in [4.69, 9.17) is 43.1 Å². The van der Waals surface area contributed by atoms with Crippen LogP contribution in [0.25, 0.3) is 16.7 Å². The first kappa shape index (κ1) is 43.3. The smallest absolute Gasteiger partial charge is 0.407 e. The van der Waals surface area contributed by atoms with Crippen molar-refractivity contribution in [1.29, 1.82) is 0 Å². The highest BCUT2D eigenvalue weighted by molar-refractivity contribution is 6.06.